The van der Waals surface area contributed by atoms with Gasteiger partial charge in [0.05, 0.1) is 12.7 Å². The maximum Gasteiger partial charge on any atom is 0.257 e. The molecule has 0 aliphatic rings. The van der Waals surface area contributed by atoms with Crippen LogP contribution in [0.4, 0.5) is 11.5 Å². The molecule has 5 heteroatoms. The summed E-state index contributed by atoms with van der Waals surface area (Å²) in [6.07, 6.45) is 2.47. The first-order valence-electron chi connectivity index (χ1n) is 9.27. The van der Waals surface area contributed by atoms with Gasteiger partial charge in [0.25, 0.3) is 5.91 Å². The fourth-order valence-corrected chi connectivity index (χ4v) is 2.84. The highest BCUT2D eigenvalue weighted by Crippen LogP contribution is 2.19. The summed E-state index contributed by atoms with van der Waals surface area (Å²) in [5, 5.41) is 6.23. The Morgan fingerprint density at radius 1 is 1.04 bits per heavy atom. The van der Waals surface area contributed by atoms with Gasteiger partial charge in [0, 0.05) is 18.4 Å². The summed E-state index contributed by atoms with van der Waals surface area (Å²) in [5.41, 5.74) is 4.79. The van der Waals surface area contributed by atoms with Gasteiger partial charge in [-0.1, -0.05) is 24.3 Å². The second kappa shape index (κ2) is 9.04. The zero-order chi connectivity index (χ0) is 19.9. The number of hydrogen-bond acceptors (Lipinski definition) is 4. The molecule has 3 aromatic rings. The van der Waals surface area contributed by atoms with Gasteiger partial charge in [0.1, 0.15) is 11.6 Å². The molecule has 1 aromatic heterocycles. The second-order valence-electron chi connectivity index (χ2n) is 6.66. The molecule has 0 unspecified atom stereocenters. The summed E-state index contributed by atoms with van der Waals surface area (Å²) in [6, 6.07) is 17.5. The molecule has 2 aromatic carbocycles. The third kappa shape index (κ3) is 4.88. The van der Waals surface area contributed by atoms with Gasteiger partial charge in [-0.15, -0.1) is 0 Å². The van der Waals surface area contributed by atoms with Crippen LogP contribution in [-0.4, -0.2) is 24.5 Å². The number of carbonyl (C=O) groups excluding carboxylic acids is 1. The molecule has 0 radical (unpaired) electrons. The van der Waals surface area contributed by atoms with Gasteiger partial charge in [-0.05, 0) is 67.3 Å². The van der Waals surface area contributed by atoms with E-state index in [2.05, 4.69) is 27.8 Å². The number of nitrogens with one attached hydrogen (secondary N) is 2. The van der Waals surface area contributed by atoms with Crippen LogP contribution in [0.2, 0.25) is 0 Å². The summed E-state index contributed by atoms with van der Waals surface area (Å²) < 4.78 is 5.16. The molecule has 1 amide bonds. The Bertz CT molecular complexity index is 935. The number of aromatic nitrogens is 1. The molecule has 0 bridgehead atoms. The lowest BCUT2D eigenvalue weighted by Gasteiger charge is -2.11. The maximum absolute atomic E-state index is 12.5. The van der Waals surface area contributed by atoms with E-state index >= 15 is 0 Å². The van der Waals surface area contributed by atoms with Gasteiger partial charge in [0.15, 0.2) is 0 Å². The molecular weight excluding hydrogens is 350 g/mol. The Morgan fingerprint density at radius 3 is 2.50 bits per heavy atom. The van der Waals surface area contributed by atoms with Crippen LogP contribution in [0, 0.1) is 13.8 Å². The molecule has 0 spiro atoms. The Morgan fingerprint density at radius 2 is 1.82 bits per heavy atom. The van der Waals surface area contributed by atoms with E-state index in [0.29, 0.717) is 5.56 Å². The van der Waals surface area contributed by atoms with Crippen molar-refractivity contribution in [2.24, 2.45) is 0 Å². The van der Waals surface area contributed by atoms with Crippen molar-refractivity contribution >= 4 is 17.4 Å². The van der Waals surface area contributed by atoms with Gasteiger partial charge in [-0.2, -0.15) is 0 Å². The van der Waals surface area contributed by atoms with E-state index in [0.717, 1.165) is 41.3 Å². The number of hydrogen-bond donors (Lipinski definition) is 2. The summed E-state index contributed by atoms with van der Waals surface area (Å²) in [5.74, 6) is 1.44. The van der Waals surface area contributed by atoms with Crippen molar-refractivity contribution in [3.8, 4) is 5.75 Å². The Labute approximate surface area is 165 Å². The van der Waals surface area contributed by atoms with Crippen molar-refractivity contribution in [2.75, 3.05) is 24.3 Å². The molecule has 5 nitrogen and oxygen atoms in total. The molecule has 144 valence electrons. The van der Waals surface area contributed by atoms with Crippen LogP contribution in [0.5, 0.6) is 5.75 Å². The molecule has 0 saturated carbocycles. The van der Waals surface area contributed by atoms with Gasteiger partial charge in [-0.25, -0.2) is 4.98 Å². The van der Waals surface area contributed by atoms with Crippen LogP contribution in [0.25, 0.3) is 0 Å². The molecule has 0 saturated heterocycles. The topological polar surface area (TPSA) is 63.2 Å². The SMILES string of the molecule is COc1ccc(CCNc2ccc(C(=O)Nc3cccc(C)c3C)cn2)cc1. The first-order valence-corrected chi connectivity index (χ1v) is 9.27. The van der Waals surface area contributed by atoms with Crippen molar-refractivity contribution in [3.05, 3.63) is 83.0 Å². The number of pyridine rings is 1. The van der Waals surface area contributed by atoms with Crippen molar-refractivity contribution < 1.29 is 9.53 Å². The lowest BCUT2D eigenvalue weighted by molar-refractivity contribution is 0.102. The van der Waals surface area contributed by atoms with Gasteiger partial charge in [-0.3, -0.25) is 4.79 Å². The summed E-state index contributed by atoms with van der Waals surface area (Å²) in [4.78, 5) is 16.8. The lowest BCUT2D eigenvalue weighted by atomic mass is 10.1. The van der Waals surface area contributed by atoms with E-state index in [1.807, 2.05) is 50.2 Å². The third-order valence-corrected chi connectivity index (χ3v) is 4.76. The highest BCUT2D eigenvalue weighted by Gasteiger charge is 2.09. The molecule has 28 heavy (non-hydrogen) atoms. The number of ether oxygens (including phenoxy) is 1. The molecule has 0 aliphatic carbocycles. The zero-order valence-electron chi connectivity index (χ0n) is 16.5. The molecule has 1 heterocycles. The second-order valence-corrected chi connectivity index (χ2v) is 6.66. The average molecular weight is 375 g/mol. The van der Waals surface area contributed by atoms with Gasteiger partial charge < -0.3 is 15.4 Å². The first-order chi connectivity index (χ1) is 13.6. The van der Waals surface area contributed by atoms with Crippen molar-refractivity contribution in [2.45, 2.75) is 20.3 Å². The smallest absolute Gasteiger partial charge is 0.257 e. The molecule has 3 rings (SSSR count). The van der Waals surface area contributed by atoms with E-state index < -0.39 is 0 Å². The minimum atomic E-state index is -0.161. The molecule has 0 aliphatic heterocycles. The van der Waals surface area contributed by atoms with Gasteiger partial charge in [0.2, 0.25) is 0 Å². The van der Waals surface area contributed by atoms with Crippen LogP contribution < -0.4 is 15.4 Å². The van der Waals surface area contributed by atoms with Gasteiger partial charge >= 0.3 is 0 Å². The lowest BCUT2D eigenvalue weighted by Crippen LogP contribution is -2.14. The highest BCUT2D eigenvalue weighted by molar-refractivity contribution is 6.04. The number of benzene rings is 2. The van der Waals surface area contributed by atoms with Crippen LogP contribution in [-0.2, 0) is 6.42 Å². The zero-order valence-corrected chi connectivity index (χ0v) is 16.5. The first kappa shape index (κ1) is 19.4. The number of aryl methyl sites for hydroxylation is 1. The number of carbonyl (C=O) groups is 1. The summed E-state index contributed by atoms with van der Waals surface area (Å²) in [7, 11) is 1.66. The quantitative estimate of drug-likeness (QED) is 0.633. The maximum atomic E-state index is 12.5. The number of methoxy groups -OCH3 is 1. The molecule has 0 atom stereocenters. The van der Waals surface area contributed by atoms with E-state index in [-0.39, 0.29) is 5.91 Å². The largest absolute Gasteiger partial charge is 0.497 e. The monoisotopic (exact) mass is 375 g/mol. The number of amides is 1. The number of anilines is 2. The summed E-state index contributed by atoms with van der Waals surface area (Å²) >= 11 is 0. The standard InChI is InChI=1S/C23H25N3O2/c1-16-5-4-6-21(17(16)2)26-23(27)19-9-12-22(25-15-19)24-14-13-18-7-10-20(28-3)11-8-18/h4-12,15H,13-14H2,1-3H3,(H,24,25)(H,26,27). The third-order valence-electron chi connectivity index (χ3n) is 4.76. The minimum Gasteiger partial charge on any atom is -0.497 e. The predicted octanol–water partition coefficient (Wildman–Crippen LogP) is 4.61. The fourth-order valence-electron chi connectivity index (χ4n) is 2.84. The average Bonchev–Trinajstić information content (AvgIpc) is 2.72. The highest BCUT2D eigenvalue weighted by atomic mass is 16.5. The molecule has 2 N–H and O–H groups in total. The number of nitrogens with zero attached hydrogens (tertiary/aromatic N) is 1. The van der Waals surface area contributed by atoms with Crippen molar-refractivity contribution in [1.82, 2.24) is 4.98 Å². The Kier molecular flexibility index (Phi) is 6.27. The van der Waals surface area contributed by atoms with Crippen molar-refractivity contribution in [3.63, 3.8) is 0 Å². The predicted molar refractivity (Wildman–Crippen MR) is 113 cm³/mol. The molecular formula is C23H25N3O2. The van der Waals surface area contributed by atoms with Crippen LogP contribution >= 0.6 is 0 Å². The summed E-state index contributed by atoms with van der Waals surface area (Å²) in [6.45, 7) is 4.78. The number of rotatable bonds is 7. The minimum absolute atomic E-state index is 0.161. The Hall–Kier alpha value is -3.34. The normalized spacial score (nSPS) is 10.4. The van der Waals surface area contributed by atoms with E-state index in [4.69, 9.17) is 4.74 Å². The fraction of sp³-hybridized carbons (Fsp3) is 0.217. The van der Waals surface area contributed by atoms with Crippen LogP contribution in [0.3, 0.4) is 0 Å². The van der Waals surface area contributed by atoms with Crippen LogP contribution in [0.1, 0.15) is 27.0 Å². The molecule has 0 fully saturated rings. The van der Waals surface area contributed by atoms with E-state index in [1.165, 1.54) is 5.56 Å². The van der Waals surface area contributed by atoms with E-state index in [9.17, 15) is 4.79 Å². The van der Waals surface area contributed by atoms with E-state index in [1.54, 1.807) is 19.4 Å². The van der Waals surface area contributed by atoms with Crippen molar-refractivity contribution in [1.29, 1.82) is 0 Å². The van der Waals surface area contributed by atoms with Crippen LogP contribution in [0.15, 0.2) is 60.8 Å². The Balaban J connectivity index is 1.53.